The first-order chi connectivity index (χ1) is 17.3. The lowest BCUT2D eigenvalue weighted by Crippen LogP contribution is -2.51. The standard InChI is InChI=1S/C25H35N5O6/c1-5-17(21(31)23-27-18-9-7-8-10-20(18)36-23)26-22(32)19(15-16(3)4)28-24(29-25(33)35-6-2)30-11-13-34-14-12-30/h7-10,16-17,19H,5-6,11-15H2,1-4H3,(H,26,32)(H,28,29,33)/t17-,19-/m0/s1. The number of para-hydroxylation sites is 2. The molecule has 0 saturated carbocycles. The number of Topliss-reactive ketones (excluding diaryl/α,β-unsaturated/α-hetero) is 1. The maximum atomic E-state index is 13.4. The number of guanidine groups is 1. The Labute approximate surface area is 210 Å². The molecular formula is C25H35N5O6. The molecular weight excluding hydrogens is 466 g/mol. The molecule has 1 fully saturated rings. The zero-order valence-corrected chi connectivity index (χ0v) is 21.3. The van der Waals surface area contributed by atoms with Crippen LogP contribution in [-0.4, -0.2) is 78.6 Å². The number of aliphatic imine (C=N–C) groups is 1. The van der Waals surface area contributed by atoms with E-state index >= 15 is 0 Å². The molecule has 1 saturated heterocycles. The second-order valence-electron chi connectivity index (χ2n) is 8.86. The molecule has 11 heteroatoms. The minimum Gasteiger partial charge on any atom is -0.450 e. The van der Waals surface area contributed by atoms with E-state index < -0.39 is 29.9 Å². The highest BCUT2D eigenvalue weighted by Crippen LogP contribution is 2.17. The molecule has 11 nitrogen and oxygen atoms in total. The van der Waals surface area contributed by atoms with Crippen molar-refractivity contribution in [2.45, 2.75) is 52.6 Å². The number of alkyl carbamates (subject to hydrolysis) is 1. The van der Waals surface area contributed by atoms with Crippen molar-refractivity contribution in [3.63, 3.8) is 0 Å². The summed E-state index contributed by atoms with van der Waals surface area (Å²) in [7, 11) is 0. The summed E-state index contributed by atoms with van der Waals surface area (Å²) < 4.78 is 16.0. The van der Waals surface area contributed by atoms with E-state index in [2.05, 4.69) is 20.6 Å². The van der Waals surface area contributed by atoms with Gasteiger partial charge in [0.05, 0.1) is 25.9 Å². The van der Waals surface area contributed by atoms with E-state index in [1.54, 1.807) is 32.0 Å². The van der Waals surface area contributed by atoms with Crippen molar-refractivity contribution < 1.29 is 28.3 Å². The summed E-state index contributed by atoms with van der Waals surface area (Å²) in [5.74, 6) is -0.504. The van der Waals surface area contributed by atoms with Crippen LogP contribution in [0.5, 0.6) is 0 Å². The van der Waals surface area contributed by atoms with Gasteiger partial charge in [-0.1, -0.05) is 32.9 Å². The molecule has 2 amide bonds. The normalized spacial score (nSPS) is 16.0. The average molecular weight is 502 g/mol. The smallest absolute Gasteiger partial charge is 0.413 e. The highest BCUT2D eigenvalue weighted by molar-refractivity contribution is 6.01. The number of oxazole rings is 1. The van der Waals surface area contributed by atoms with Crippen molar-refractivity contribution in [3.05, 3.63) is 30.2 Å². The fourth-order valence-electron chi connectivity index (χ4n) is 3.79. The molecule has 0 radical (unpaired) electrons. The van der Waals surface area contributed by atoms with Gasteiger partial charge in [0, 0.05) is 13.1 Å². The van der Waals surface area contributed by atoms with Gasteiger partial charge in [0.25, 0.3) is 5.89 Å². The summed E-state index contributed by atoms with van der Waals surface area (Å²) in [6, 6.07) is 5.42. The molecule has 1 aromatic carbocycles. The summed E-state index contributed by atoms with van der Waals surface area (Å²) >= 11 is 0. The van der Waals surface area contributed by atoms with Gasteiger partial charge in [-0.25, -0.2) is 14.8 Å². The summed E-state index contributed by atoms with van der Waals surface area (Å²) in [5, 5.41) is 5.48. The van der Waals surface area contributed by atoms with Crippen molar-refractivity contribution in [2.75, 3.05) is 32.9 Å². The first kappa shape index (κ1) is 27.1. The lowest BCUT2D eigenvalue weighted by molar-refractivity contribution is -0.123. The lowest BCUT2D eigenvalue weighted by atomic mass is 10.0. The second-order valence-corrected chi connectivity index (χ2v) is 8.86. The number of nitrogens with zero attached hydrogens (tertiary/aromatic N) is 3. The van der Waals surface area contributed by atoms with Gasteiger partial charge in [-0.15, -0.1) is 0 Å². The van der Waals surface area contributed by atoms with Crippen LogP contribution in [0.2, 0.25) is 0 Å². The van der Waals surface area contributed by atoms with Gasteiger partial charge in [-0.05, 0) is 37.8 Å². The zero-order chi connectivity index (χ0) is 26.1. The van der Waals surface area contributed by atoms with E-state index in [0.29, 0.717) is 50.2 Å². The van der Waals surface area contributed by atoms with Crippen LogP contribution >= 0.6 is 0 Å². The zero-order valence-electron chi connectivity index (χ0n) is 21.3. The van der Waals surface area contributed by atoms with E-state index in [4.69, 9.17) is 13.9 Å². The highest BCUT2D eigenvalue weighted by atomic mass is 16.5. The van der Waals surface area contributed by atoms with E-state index in [1.165, 1.54) is 0 Å². The van der Waals surface area contributed by atoms with E-state index in [1.807, 2.05) is 24.8 Å². The molecule has 2 N–H and O–H groups in total. The number of amides is 2. The molecule has 2 atom stereocenters. The number of ether oxygens (including phenoxy) is 2. The SMILES string of the molecule is CCOC(=O)NC(=N[C@@H](CC(C)C)C(=O)N[C@@H](CC)C(=O)c1nc2ccccc2o1)N1CCOCC1. The molecule has 0 aliphatic carbocycles. The number of carbonyl (C=O) groups excluding carboxylic acids is 3. The molecule has 196 valence electrons. The Morgan fingerprint density at radius 3 is 2.53 bits per heavy atom. The summed E-state index contributed by atoms with van der Waals surface area (Å²) in [6.07, 6.45) is 0.111. The molecule has 1 aliphatic rings. The lowest BCUT2D eigenvalue weighted by Gasteiger charge is -2.30. The minimum atomic E-state index is -0.838. The number of ketones is 1. The van der Waals surface area contributed by atoms with Gasteiger partial charge >= 0.3 is 6.09 Å². The van der Waals surface area contributed by atoms with Crippen LogP contribution in [0.3, 0.4) is 0 Å². The van der Waals surface area contributed by atoms with Crippen molar-refractivity contribution in [3.8, 4) is 0 Å². The number of fused-ring (bicyclic) bond motifs is 1. The maximum Gasteiger partial charge on any atom is 0.413 e. The number of benzene rings is 1. The summed E-state index contributed by atoms with van der Waals surface area (Å²) in [4.78, 5) is 49.4. The molecule has 3 rings (SSSR count). The third-order valence-corrected chi connectivity index (χ3v) is 5.62. The number of carbonyl (C=O) groups is 3. The third-order valence-electron chi connectivity index (χ3n) is 5.62. The third kappa shape index (κ3) is 7.27. The Balaban J connectivity index is 1.82. The number of rotatable bonds is 9. The van der Waals surface area contributed by atoms with Gasteiger partial charge in [0.2, 0.25) is 17.6 Å². The van der Waals surface area contributed by atoms with Crippen LogP contribution in [-0.2, 0) is 14.3 Å². The molecule has 0 bridgehead atoms. The van der Waals surface area contributed by atoms with Crippen molar-refractivity contribution >= 4 is 34.8 Å². The van der Waals surface area contributed by atoms with Gasteiger partial charge in [-0.2, -0.15) is 0 Å². The maximum absolute atomic E-state index is 13.4. The quantitative estimate of drug-likeness (QED) is 0.304. The number of aromatic nitrogens is 1. The second kappa shape index (κ2) is 13.0. The number of hydrogen-bond acceptors (Lipinski definition) is 8. The monoisotopic (exact) mass is 501 g/mol. The molecule has 1 aliphatic heterocycles. The number of morpholine rings is 1. The van der Waals surface area contributed by atoms with Crippen LogP contribution < -0.4 is 10.6 Å². The fraction of sp³-hybridized carbons (Fsp3) is 0.560. The van der Waals surface area contributed by atoms with Crippen LogP contribution in [0.1, 0.15) is 51.2 Å². The predicted molar refractivity (Wildman–Crippen MR) is 134 cm³/mol. The molecule has 2 aromatic rings. The van der Waals surface area contributed by atoms with Crippen molar-refractivity contribution in [1.82, 2.24) is 20.5 Å². The Bertz CT molecular complexity index is 1040. The van der Waals surface area contributed by atoms with Crippen LogP contribution in [0.15, 0.2) is 33.7 Å². The first-order valence-corrected chi connectivity index (χ1v) is 12.4. The first-order valence-electron chi connectivity index (χ1n) is 12.4. The number of hydrogen-bond donors (Lipinski definition) is 2. The van der Waals surface area contributed by atoms with Crippen LogP contribution in [0.4, 0.5) is 4.79 Å². The molecule has 0 spiro atoms. The fourth-order valence-corrected chi connectivity index (χ4v) is 3.79. The van der Waals surface area contributed by atoms with Crippen molar-refractivity contribution in [2.24, 2.45) is 10.9 Å². The van der Waals surface area contributed by atoms with Gasteiger partial charge in [0.15, 0.2) is 5.58 Å². The average Bonchev–Trinajstić information content (AvgIpc) is 3.30. The Kier molecular flexibility index (Phi) is 9.80. The van der Waals surface area contributed by atoms with E-state index in [9.17, 15) is 14.4 Å². The molecule has 36 heavy (non-hydrogen) atoms. The molecule has 2 heterocycles. The predicted octanol–water partition coefficient (Wildman–Crippen LogP) is 2.75. The molecule has 0 unspecified atom stereocenters. The number of nitrogens with one attached hydrogen (secondary N) is 2. The topological polar surface area (TPSA) is 135 Å². The summed E-state index contributed by atoms with van der Waals surface area (Å²) in [6.45, 7) is 9.63. The van der Waals surface area contributed by atoms with Crippen molar-refractivity contribution in [1.29, 1.82) is 0 Å². The van der Waals surface area contributed by atoms with Crippen LogP contribution in [0, 0.1) is 5.92 Å². The highest BCUT2D eigenvalue weighted by Gasteiger charge is 2.30. The minimum absolute atomic E-state index is 0.0507. The van der Waals surface area contributed by atoms with Gasteiger partial charge in [0.1, 0.15) is 11.6 Å². The Morgan fingerprint density at radius 2 is 1.89 bits per heavy atom. The largest absolute Gasteiger partial charge is 0.450 e. The molecule has 1 aromatic heterocycles. The summed E-state index contributed by atoms with van der Waals surface area (Å²) in [5.41, 5.74) is 1.08. The van der Waals surface area contributed by atoms with E-state index in [-0.39, 0.29) is 24.4 Å². The Morgan fingerprint density at radius 1 is 1.17 bits per heavy atom. The van der Waals surface area contributed by atoms with Crippen LogP contribution in [0.25, 0.3) is 11.1 Å². The van der Waals surface area contributed by atoms with Gasteiger partial charge < -0.3 is 24.1 Å². The van der Waals surface area contributed by atoms with E-state index in [0.717, 1.165) is 0 Å². The Hall–Kier alpha value is -3.47. The van der Waals surface area contributed by atoms with Gasteiger partial charge in [-0.3, -0.25) is 14.9 Å².